The third kappa shape index (κ3) is 2.39. The van der Waals surface area contributed by atoms with Crippen LogP contribution >= 0.6 is 12.6 Å². The number of rotatable bonds is 4. The van der Waals surface area contributed by atoms with Crippen LogP contribution in [0.3, 0.4) is 0 Å². The molecule has 1 aliphatic rings. The van der Waals surface area contributed by atoms with Crippen LogP contribution in [-0.2, 0) is 6.42 Å². The first-order valence-electron chi connectivity index (χ1n) is 5.77. The second kappa shape index (κ2) is 5.21. The first kappa shape index (κ1) is 12.6. The molecular formula is C13H16O3S. The van der Waals surface area contributed by atoms with Crippen molar-refractivity contribution in [3.05, 3.63) is 34.9 Å². The molecule has 0 fully saturated rings. The van der Waals surface area contributed by atoms with Crippen LogP contribution in [-0.4, -0.2) is 27.9 Å². The number of aliphatic hydroxyl groups is 2. The molecule has 1 aromatic rings. The van der Waals surface area contributed by atoms with E-state index in [2.05, 4.69) is 12.6 Å². The van der Waals surface area contributed by atoms with Crippen LogP contribution < -0.4 is 0 Å². The molecule has 2 unspecified atom stereocenters. The van der Waals surface area contributed by atoms with E-state index in [0.29, 0.717) is 36.1 Å². The van der Waals surface area contributed by atoms with Gasteiger partial charge in [-0.05, 0) is 29.7 Å². The second-order valence-corrected chi connectivity index (χ2v) is 4.77. The number of aliphatic hydroxyl groups excluding tert-OH is 2. The molecule has 0 heterocycles. The molecule has 2 rings (SSSR count). The van der Waals surface area contributed by atoms with Gasteiger partial charge in [-0.1, -0.05) is 18.2 Å². The first-order chi connectivity index (χ1) is 8.15. The predicted octanol–water partition coefficient (Wildman–Crippen LogP) is 1.53. The molecule has 0 radical (unpaired) electrons. The minimum atomic E-state index is -0.928. The predicted molar refractivity (Wildman–Crippen MR) is 68.5 cm³/mol. The summed E-state index contributed by atoms with van der Waals surface area (Å²) in [4.78, 5) is 11.6. The van der Waals surface area contributed by atoms with Gasteiger partial charge in [-0.2, -0.15) is 12.6 Å². The summed E-state index contributed by atoms with van der Waals surface area (Å²) in [5, 5.41) is 19.9. The Morgan fingerprint density at radius 1 is 1.29 bits per heavy atom. The fraction of sp³-hybridized carbons (Fsp3) is 0.462. The lowest BCUT2D eigenvalue weighted by Crippen LogP contribution is -2.20. The largest absolute Gasteiger partial charge is 0.390 e. The van der Waals surface area contributed by atoms with E-state index < -0.39 is 12.2 Å². The number of hydrogen-bond acceptors (Lipinski definition) is 4. The number of ketones is 1. The summed E-state index contributed by atoms with van der Waals surface area (Å²) < 4.78 is 0. The van der Waals surface area contributed by atoms with E-state index in [1.165, 1.54) is 0 Å². The maximum atomic E-state index is 11.6. The van der Waals surface area contributed by atoms with Crippen molar-refractivity contribution in [3.8, 4) is 0 Å². The van der Waals surface area contributed by atoms with Crippen molar-refractivity contribution in [2.75, 3.05) is 5.75 Å². The second-order valence-electron chi connectivity index (χ2n) is 4.32. The molecule has 4 heteroatoms. The molecule has 17 heavy (non-hydrogen) atoms. The zero-order valence-corrected chi connectivity index (χ0v) is 10.4. The van der Waals surface area contributed by atoms with Crippen LogP contribution in [0, 0.1) is 0 Å². The van der Waals surface area contributed by atoms with Gasteiger partial charge < -0.3 is 10.2 Å². The molecule has 0 saturated heterocycles. The summed E-state index contributed by atoms with van der Waals surface area (Å²) in [6.07, 6.45) is -0.156. The number of thiol groups is 1. The Morgan fingerprint density at radius 2 is 2.06 bits per heavy atom. The maximum absolute atomic E-state index is 11.6. The molecule has 0 bridgehead atoms. The lowest BCUT2D eigenvalue weighted by molar-refractivity contribution is 0.0168. The number of hydrogen-bond donors (Lipinski definition) is 3. The van der Waals surface area contributed by atoms with Gasteiger partial charge in [0, 0.05) is 12.0 Å². The summed E-state index contributed by atoms with van der Waals surface area (Å²) in [6, 6.07) is 5.32. The zero-order valence-electron chi connectivity index (χ0n) is 9.47. The fourth-order valence-corrected chi connectivity index (χ4v) is 2.56. The zero-order chi connectivity index (χ0) is 12.4. The number of fused-ring (bicyclic) bond motifs is 1. The number of carbonyl (C=O) groups is 1. The van der Waals surface area contributed by atoms with Gasteiger partial charge in [-0.25, -0.2) is 0 Å². The van der Waals surface area contributed by atoms with Crippen LogP contribution in [0.2, 0.25) is 0 Å². The third-order valence-corrected chi connectivity index (χ3v) is 3.48. The number of benzene rings is 1. The van der Waals surface area contributed by atoms with E-state index >= 15 is 0 Å². The topological polar surface area (TPSA) is 57.5 Å². The van der Waals surface area contributed by atoms with E-state index in [-0.39, 0.29) is 5.78 Å². The minimum Gasteiger partial charge on any atom is -0.390 e. The Morgan fingerprint density at radius 3 is 2.76 bits per heavy atom. The van der Waals surface area contributed by atoms with Crippen molar-refractivity contribution in [3.63, 3.8) is 0 Å². The molecule has 0 aliphatic heterocycles. The lowest BCUT2D eigenvalue weighted by atomic mass is 9.95. The van der Waals surface area contributed by atoms with Gasteiger partial charge in [-0.3, -0.25) is 4.79 Å². The van der Waals surface area contributed by atoms with Gasteiger partial charge in [-0.15, -0.1) is 0 Å². The quantitative estimate of drug-likeness (QED) is 0.712. The standard InChI is InChI=1S/C13H16O3S/c14-11-5-4-8-9(11)2-1-3-10(8)13(16)12(15)6-7-17/h1-3,12-13,15-17H,4-7H2. The van der Waals surface area contributed by atoms with Crippen LogP contribution in [0.25, 0.3) is 0 Å². The molecule has 0 saturated carbocycles. The van der Waals surface area contributed by atoms with E-state index in [1.807, 2.05) is 0 Å². The summed E-state index contributed by atoms with van der Waals surface area (Å²) in [5.41, 5.74) is 2.27. The molecular weight excluding hydrogens is 236 g/mol. The Kier molecular flexibility index (Phi) is 3.86. The summed E-state index contributed by atoms with van der Waals surface area (Å²) in [6.45, 7) is 0. The summed E-state index contributed by atoms with van der Waals surface area (Å²) in [7, 11) is 0. The Bertz CT molecular complexity index is 431. The van der Waals surface area contributed by atoms with E-state index in [1.54, 1.807) is 18.2 Å². The molecule has 1 aromatic carbocycles. The highest BCUT2D eigenvalue weighted by Gasteiger charge is 2.27. The van der Waals surface area contributed by atoms with E-state index in [0.717, 1.165) is 5.56 Å². The number of carbonyl (C=O) groups excluding carboxylic acids is 1. The molecule has 92 valence electrons. The normalized spacial score (nSPS) is 17.9. The van der Waals surface area contributed by atoms with Crippen LogP contribution in [0.5, 0.6) is 0 Å². The van der Waals surface area contributed by atoms with E-state index in [9.17, 15) is 15.0 Å². The van der Waals surface area contributed by atoms with E-state index in [4.69, 9.17) is 0 Å². The highest BCUT2D eigenvalue weighted by Crippen LogP contribution is 2.31. The van der Waals surface area contributed by atoms with Gasteiger partial charge in [0.25, 0.3) is 0 Å². The van der Waals surface area contributed by atoms with Crippen molar-refractivity contribution in [1.29, 1.82) is 0 Å². The Balaban J connectivity index is 2.31. The van der Waals surface area contributed by atoms with Crippen molar-refractivity contribution >= 4 is 18.4 Å². The highest BCUT2D eigenvalue weighted by atomic mass is 32.1. The SMILES string of the molecule is O=C1CCc2c1cccc2C(O)C(O)CCS. The molecule has 3 nitrogen and oxygen atoms in total. The van der Waals surface area contributed by atoms with Gasteiger partial charge in [0.1, 0.15) is 6.10 Å². The summed E-state index contributed by atoms with van der Waals surface area (Å²) in [5.74, 6) is 0.643. The van der Waals surface area contributed by atoms with Gasteiger partial charge >= 0.3 is 0 Å². The maximum Gasteiger partial charge on any atom is 0.163 e. The first-order valence-corrected chi connectivity index (χ1v) is 6.40. The van der Waals surface area contributed by atoms with Gasteiger partial charge in [0.2, 0.25) is 0 Å². The molecule has 0 spiro atoms. The Hall–Kier alpha value is -0.840. The fourth-order valence-electron chi connectivity index (χ4n) is 2.29. The highest BCUT2D eigenvalue weighted by molar-refractivity contribution is 7.80. The van der Waals surface area contributed by atoms with Gasteiger partial charge in [0.15, 0.2) is 5.78 Å². The van der Waals surface area contributed by atoms with Gasteiger partial charge in [0.05, 0.1) is 6.10 Å². The third-order valence-electron chi connectivity index (χ3n) is 3.22. The van der Waals surface area contributed by atoms with Crippen LogP contribution in [0.4, 0.5) is 0 Å². The van der Waals surface area contributed by atoms with Crippen LogP contribution in [0.15, 0.2) is 18.2 Å². The van der Waals surface area contributed by atoms with Crippen LogP contribution in [0.1, 0.15) is 40.4 Å². The molecule has 1 aliphatic carbocycles. The average Bonchev–Trinajstić information content (AvgIpc) is 2.71. The van der Waals surface area contributed by atoms with Crippen molar-refractivity contribution in [1.82, 2.24) is 0 Å². The van der Waals surface area contributed by atoms with Crippen molar-refractivity contribution in [2.24, 2.45) is 0 Å². The molecule has 0 amide bonds. The monoisotopic (exact) mass is 252 g/mol. The van der Waals surface area contributed by atoms with Crippen molar-refractivity contribution < 1.29 is 15.0 Å². The Labute approximate surface area is 106 Å². The smallest absolute Gasteiger partial charge is 0.163 e. The number of Topliss-reactive ketones (excluding diaryl/α,β-unsaturated/α-hetero) is 1. The average molecular weight is 252 g/mol. The summed E-state index contributed by atoms with van der Waals surface area (Å²) >= 11 is 4.04. The molecule has 0 aromatic heterocycles. The molecule has 2 N–H and O–H groups in total. The molecule has 2 atom stereocenters. The minimum absolute atomic E-state index is 0.123. The van der Waals surface area contributed by atoms with Crippen molar-refractivity contribution in [2.45, 2.75) is 31.5 Å². The lowest BCUT2D eigenvalue weighted by Gasteiger charge is -2.19.